The number of imidazole rings is 1. The smallest absolute Gasteiger partial charge is 0.224 e. The summed E-state index contributed by atoms with van der Waals surface area (Å²) in [5, 5.41) is 0. The summed E-state index contributed by atoms with van der Waals surface area (Å²) >= 11 is 0. The van der Waals surface area contributed by atoms with E-state index >= 15 is 0 Å². The summed E-state index contributed by atoms with van der Waals surface area (Å²) in [6, 6.07) is 0. The van der Waals surface area contributed by atoms with Gasteiger partial charge < -0.3 is 16.5 Å². The molecule has 0 unspecified atom stereocenters. The van der Waals surface area contributed by atoms with E-state index in [-0.39, 0.29) is 13.4 Å². The molecule has 12 heavy (non-hydrogen) atoms. The Labute approximate surface area is 69.0 Å². The van der Waals surface area contributed by atoms with E-state index in [1.807, 2.05) is 0 Å². The Morgan fingerprint density at radius 1 is 1.25 bits per heavy atom. The largest absolute Gasteiger partial charge is 0.382 e. The van der Waals surface area contributed by atoms with E-state index in [2.05, 4.69) is 19.9 Å². The zero-order valence-corrected chi connectivity index (χ0v) is 5.57. The average molecular weight is 166 g/mol. The van der Waals surface area contributed by atoms with Crippen molar-refractivity contribution in [3.63, 3.8) is 0 Å². The fourth-order valence-electron chi connectivity index (χ4n) is 0.873. The highest BCUT2D eigenvalue weighted by atomic mass is 15.1. The van der Waals surface area contributed by atoms with E-state index < -0.39 is 0 Å². The quantitative estimate of drug-likeness (QED) is 0.516. The SMILES string of the molecule is C.Nc1nc(N)c2[nH]cnc2n1. The molecule has 0 atom stereocenters. The van der Waals surface area contributed by atoms with Gasteiger partial charge in [-0.1, -0.05) is 7.43 Å². The van der Waals surface area contributed by atoms with Gasteiger partial charge in [0.1, 0.15) is 5.52 Å². The normalized spacial score (nSPS) is 9.67. The highest BCUT2D eigenvalue weighted by Crippen LogP contribution is 2.12. The summed E-state index contributed by atoms with van der Waals surface area (Å²) in [6.07, 6.45) is 1.50. The van der Waals surface area contributed by atoms with Gasteiger partial charge >= 0.3 is 0 Å². The first-order valence-corrected chi connectivity index (χ1v) is 2.99. The van der Waals surface area contributed by atoms with Gasteiger partial charge in [0.15, 0.2) is 11.5 Å². The molecule has 2 rings (SSSR count). The van der Waals surface area contributed by atoms with Crippen LogP contribution < -0.4 is 11.5 Å². The number of nitrogen functional groups attached to an aromatic ring is 2. The monoisotopic (exact) mass is 166 g/mol. The maximum absolute atomic E-state index is 5.50. The summed E-state index contributed by atoms with van der Waals surface area (Å²) in [5.74, 6) is 0.465. The van der Waals surface area contributed by atoms with Gasteiger partial charge in [0.2, 0.25) is 5.95 Å². The third-order valence-corrected chi connectivity index (χ3v) is 1.33. The van der Waals surface area contributed by atoms with Crippen LogP contribution in [0, 0.1) is 0 Å². The van der Waals surface area contributed by atoms with Gasteiger partial charge in [-0.2, -0.15) is 9.97 Å². The molecule has 2 aromatic rings. The Morgan fingerprint density at radius 3 is 2.75 bits per heavy atom. The Bertz CT molecular complexity index is 392. The number of nitrogens with zero attached hydrogens (tertiary/aromatic N) is 3. The van der Waals surface area contributed by atoms with Crippen LogP contribution in [0.15, 0.2) is 6.33 Å². The van der Waals surface area contributed by atoms with Crippen LogP contribution in [-0.4, -0.2) is 19.9 Å². The molecular formula is C6H10N6. The Morgan fingerprint density at radius 2 is 2.00 bits per heavy atom. The number of hydrogen-bond donors (Lipinski definition) is 3. The van der Waals surface area contributed by atoms with Crippen molar-refractivity contribution in [1.29, 1.82) is 0 Å². The molecule has 0 saturated carbocycles. The number of aromatic amines is 1. The molecule has 0 aromatic carbocycles. The van der Waals surface area contributed by atoms with Crippen molar-refractivity contribution in [2.24, 2.45) is 0 Å². The molecule has 0 aliphatic carbocycles. The second kappa shape index (κ2) is 2.65. The summed E-state index contributed by atoms with van der Waals surface area (Å²) in [5.41, 5.74) is 11.9. The van der Waals surface area contributed by atoms with Gasteiger partial charge in [0.05, 0.1) is 6.33 Å². The molecule has 0 amide bonds. The molecule has 0 aliphatic heterocycles. The van der Waals surface area contributed by atoms with Gasteiger partial charge in [0.25, 0.3) is 0 Å². The molecule has 0 radical (unpaired) electrons. The fraction of sp³-hybridized carbons (Fsp3) is 0.167. The molecule has 6 nitrogen and oxygen atoms in total. The zero-order valence-electron chi connectivity index (χ0n) is 5.57. The molecule has 6 heteroatoms. The number of anilines is 2. The number of rotatable bonds is 0. The van der Waals surface area contributed by atoms with E-state index in [1.165, 1.54) is 6.33 Å². The fourth-order valence-corrected chi connectivity index (χ4v) is 0.873. The molecule has 0 aliphatic rings. The van der Waals surface area contributed by atoms with Crippen LogP contribution in [0.25, 0.3) is 11.2 Å². The Kier molecular flexibility index (Phi) is 1.82. The number of nitrogens with two attached hydrogens (primary N) is 2. The highest BCUT2D eigenvalue weighted by Gasteiger charge is 2.03. The summed E-state index contributed by atoms with van der Waals surface area (Å²) < 4.78 is 0. The molecule has 0 saturated heterocycles. The van der Waals surface area contributed by atoms with E-state index in [0.29, 0.717) is 17.0 Å². The van der Waals surface area contributed by atoms with Crippen LogP contribution in [-0.2, 0) is 0 Å². The van der Waals surface area contributed by atoms with Crippen molar-refractivity contribution in [3.8, 4) is 0 Å². The van der Waals surface area contributed by atoms with Gasteiger partial charge in [-0.3, -0.25) is 0 Å². The second-order valence-electron chi connectivity index (χ2n) is 2.07. The molecule has 2 aromatic heterocycles. The van der Waals surface area contributed by atoms with E-state index in [1.54, 1.807) is 0 Å². The summed E-state index contributed by atoms with van der Waals surface area (Å²) in [4.78, 5) is 14.3. The molecule has 64 valence electrons. The second-order valence-corrected chi connectivity index (χ2v) is 2.07. The molecule has 5 N–H and O–H groups in total. The van der Waals surface area contributed by atoms with Crippen molar-refractivity contribution in [1.82, 2.24) is 19.9 Å². The highest BCUT2D eigenvalue weighted by molar-refractivity contribution is 5.81. The average Bonchev–Trinajstić information content (AvgIpc) is 2.34. The number of nitrogens with one attached hydrogen (secondary N) is 1. The molecule has 0 bridgehead atoms. The van der Waals surface area contributed by atoms with Crippen molar-refractivity contribution in [2.75, 3.05) is 11.5 Å². The third-order valence-electron chi connectivity index (χ3n) is 1.33. The predicted molar refractivity (Wildman–Crippen MR) is 47.2 cm³/mol. The lowest BCUT2D eigenvalue weighted by molar-refractivity contribution is 1.22. The summed E-state index contributed by atoms with van der Waals surface area (Å²) in [6.45, 7) is 0. The van der Waals surface area contributed by atoms with Crippen LogP contribution >= 0.6 is 0 Å². The minimum atomic E-state index is 0. The van der Waals surface area contributed by atoms with Crippen LogP contribution in [0.2, 0.25) is 0 Å². The lowest BCUT2D eigenvalue weighted by atomic mass is 10.5. The molecular weight excluding hydrogens is 156 g/mol. The Balaban J connectivity index is 0.000000720. The maximum Gasteiger partial charge on any atom is 0.224 e. The van der Waals surface area contributed by atoms with E-state index in [4.69, 9.17) is 11.5 Å². The number of fused-ring (bicyclic) bond motifs is 1. The first-order chi connectivity index (χ1) is 5.27. The van der Waals surface area contributed by atoms with Crippen molar-refractivity contribution in [2.45, 2.75) is 7.43 Å². The Hall–Kier alpha value is -1.85. The lowest BCUT2D eigenvalue weighted by Gasteiger charge is -1.94. The van der Waals surface area contributed by atoms with Gasteiger partial charge in [-0.05, 0) is 0 Å². The van der Waals surface area contributed by atoms with Crippen LogP contribution in [0.4, 0.5) is 11.8 Å². The minimum absolute atomic E-state index is 0. The topological polar surface area (TPSA) is 106 Å². The van der Waals surface area contributed by atoms with E-state index in [9.17, 15) is 0 Å². The van der Waals surface area contributed by atoms with Crippen molar-refractivity contribution >= 4 is 22.9 Å². The number of aromatic nitrogens is 4. The first kappa shape index (κ1) is 8.25. The molecule has 0 spiro atoms. The minimum Gasteiger partial charge on any atom is -0.382 e. The predicted octanol–water partition coefficient (Wildman–Crippen LogP) is 0.153. The molecule has 0 fully saturated rings. The lowest BCUT2D eigenvalue weighted by Crippen LogP contribution is -1.99. The van der Waals surface area contributed by atoms with Gasteiger partial charge in [-0.15, -0.1) is 0 Å². The first-order valence-electron chi connectivity index (χ1n) is 2.99. The van der Waals surface area contributed by atoms with E-state index in [0.717, 1.165) is 0 Å². The van der Waals surface area contributed by atoms with Crippen molar-refractivity contribution in [3.05, 3.63) is 6.33 Å². The van der Waals surface area contributed by atoms with Crippen LogP contribution in [0.3, 0.4) is 0 Å². The zero-order chi connectivity index (χ0) is 7.84. The van der Waals surface area contributed by atoms with Gasteiger partial charge in [-0.25, -0.2) is 4.98 Å². The van der Waals surface area contributed by atoms with Crippen LogP contribution in [0.1, 0.15) is 7.43 Å². The summed E-state index contributed by atoms with van der Waals surface area (Å²) in [7, 11) is 0. The van der Waals surface area contributed by atoms with Crippen molar-refractivity contribution < 1.29 is 0 Å². The standard InChI is InChI=1S/C5H6N6.CH4/c6-3-2-4(9-1-8-2)11-5(7)10-3;/h1H,(H5,6,7,8,9,10,11);1H4. The molecule has 2 heterocycles. The maximum atomic E-state index is 5.50. The van der Waals surface area contributed by atoms with Gasteiger partial charge in [0, 0.05) is 0 Å². The number of hydrogen-bond acceptors (Lipinski definition) is 5. The van der Waals surface area contributed by atoms with Crippen LogP contribution in [0.5, 0.6) is 0 Å². The number of H-pyrrole nitrogens is 1. The third kappa shape index (κ3) is 1.03.